The summed E-state index contributed by atoms with van der Waals surface area (Å²) in [4.78, 5) is 16.6. The number of rotatable bonds is 3. The van der Waals surface area contributed by atoms with E-state index in [1.165, 1.54) is 0 Å². The summed E-state index contributed by atoms with van der Waals surface area (Å²) in [6, 6.07) is 1.07. The summed E-state index contributed by atoms with van der Waals surface area (Å²) >= 11 is 0. The Hall–Kier alpha value is -1.69. The van der Waals surface area contributed by atoms with Crippen LogP contribution in [-0.4, -0.2) is 42.4 Å². The fraction of sp³-hybridized carbons (Fsp3) is 0.455. The van der Waals surface area contributed by atoms with Crippen molar-refractivity contribution in [2.75, 3.05) is 25.2 Å². The van der Waals surface area contributed by atoms with Crippen molar-refractivity contribution in [3.8, 4) is 0 Å². The van der Waals surface area contributed by atoms with Crippen LogP contribution in [0.2, 0.25) is 0 Å². The molecule has 1 unspecified atom stereocenters. The average Bonchev–Trinajstić information content (AvgIpc) is 2.81. The van der Waals surface area contributed by atoms with E-state index in [0.717, 1.165) is 18.7 Å². The van der Waals surface area contributed by atoms with Gasteiger partial charge in [0, 0.05) is 13.7 Å². The van der Waals surface area contributed by atoms with E-state index in [9.17, 15) is 9.18 Å². The van der Waals surface area contributed by atoms with E-state index in [2.05, 4.69) is 4.98 Å². The highest BCUT2D eigenvalue weighted by Crippen LogP contribution is 2.22. The lowest BCUT2D eigenvalue weighted by Gasteiger charge is -2.25. The van der Waals surface area contributed by atoms with Crippen molar-refractivity contribution in [3.63, 3.8) is 0 Å². The van der Waals surface area contributed by atoms with Crippen molar-refractivity contribution in [3.05, 3.63) is 23.6 Å². The lowest BCUT2D eigenvalue weighted by atomic mass is 10.2. The highest BCUT2D eigenvalue weighted by atomic mass is 19.1. The SMILES string of the molecule is CN(c1ncc(F)cc1C(=O)O)C1CCOC1. The molecule has 1 aromatic rings. The van der Waals surface area contributed by atoms with Crippen LogP contribution >= 0.6 is 0 Å². The number of hydrogen-bond acceptors (Lipinski definition) is 4. The van der Waals surface area contributed by atoms with Gasteiger partial charge in [-0.1, -0.05) is 0 Å². The monoisotopic (exact) mass is 240 g/mol. The Morgan fingerprint density at radius 2 is 2.47 bits per heavy atom. The molecule has 0 saturated carbocycles. The molecule has 92 valence electrons. The minimum absolute atomic E-state index is 0.0889. The van der Waals surface area contributed by atoms with Gasteiger partial charge in [0.05, 0.1) is 18.8 Å². The maximum Gasteiger partial charge on any atom is 0.339 e. The lowest BCUT2D eigenvalue weighted by molar-refractivity contribution is 0.0696. The molecule has 0 bridgehead atoms. The zero-order valence-electron chi connectivity index (χ0n) is 9.39. The number of carboxylic acids is 1. The summed E-state index contributed by atoms with van der Waals surface area (Å²) in [5.41, 5.74) is -0.126. The predicted octanol–water partition coefficient (Wildman–Crippen LogP) is 1.14. The zero-order valence-corrected chi connectivity index (χ0v) is 9.39. The number of aromatic nitrogens is 1. The molecule has 2 rings (SSSR count). The average molecular weight is 240 g/mol. The van der Waals surface area contributed by atoms with Gasteiger partial charge in [-0.3, -0.25) is 0 Å². The minimum atomic E-state index is -1.18. The second-order valence-corrected chi connectivity index (χ2v) is 3.96. The first-order valence-electron chi connectivity index (χ1n) is 5.29. The Balaban J connectivity index is 2.33. The molecule has 1 saturated heterocycles. The van der Waals surface area contributed by atoms with Crippen molar-refractivity contribution in [2.24, 2.45) is 0 Å². The smallest absolute Gasteiger partial charge is 0.339 e. The molecule has 17 heavy (non-hydrogen) atoms. The van der Waals surface area contributed by atoms with Crippen LogP contribution in [0.25, 0.3) is 0 Å². The van der Waals surface area contributed by atoms with Gasteiger partial charge in [-0.05, 0) is 12.5 Å². The lowest BCUT2D eigenvalue weighted by Crippen LogP contribution is -2.33. The number of pyridine rings is 1. The van der Waals surface area contributed by atoms with Gasteiger partial charge in [-0.2, -0.15) is 0 Å². The molecule has 0 radical (unpaired) electrons. The first-order valence-corrected chi connectivity index (χ1v) is 5.29. The Kier molecular flexibility index (Phi) is 3.23. The maximum atomic E-state index is 13.0. The minimum Gasteiger partial charge on any atom is -0.478 e. The predicted molar refractivity (Wildman–Crippen MR) is 58.8 cm³/mol. The number of hydrogen-bond donors (Lipinski definition) is 1. The van der Waals surface area contributed by atoms with Crippen molar-refractivity contribution in [2.45, 2.75) is 12.5 Å². The van der Waals surface area contributed by atoms with Crippen LogP contribution < -0.4 is 4.90 Å². The van der Waals surface area contributed by atoms with Crippen LogP contribution in [-0.2, 0) is 4.74 Å². The van der Waals surface area contributed by atoms with Gasteiger partial charge in [-0.15, -0.1) is 0 Å². The van der Waals surface area contributed by atoms with Crippen LogP contribution in [0.15, 0.2) is 12.3 Å². The Labute approximate surface area is 97.8 Å². The molecule has 1 fully saturated rings. The highest BCUT2D eigenvalue weighted by molar-refractivity contribution is 5.93. The van der Waals surface area contributed by atoms with Gasteiger partial charge in [0.1, 0.15) is 17.2 Å². The van der Waals surface area contributed by atoms with Gasteiger partial charge in [-0.25, -0.2) is 14.2 Å². The van der Waals surface area contributed by atoms with Crippen LogP contribution in [0, 0.1) is 5.82 Å². The van der Waals surface area contributed by atoms with Gasteiger partial charge in [0.25, 0.3) is 0 Å². The molecule has 1 aliphatic rings. The zero-order chi connectivity index (χ0) is 12.4. The topological polar surface area (TPSA) is 62.7 Å². The Bertz CT molecular complexity index is 433. The maximum absolute atomic E-state index is 13.0. The number of nitrogens with zero attached hydrogens (tertiary/aromatic N) is 2. The standard InChI is InChI=1S/C11H13FN2O3/c1-14(8-2-3-17-6-8)10-9(11(15)16)4-7(12)5-13-10/h4-5,8H,2-3,6H2,1H3,(H,15,16). The molecular formula is C11H13FN2O3. The number of anilines is 1. The van der Waals surface area contributed by atoms with E-state index in [1.807, 2.05) is 0 Å². The number of halogens is 1. The van der Waals surface area contributed by atoms with Gasteiger partial charge in [0.2, 0.25) is 0 Å². The van der Waals surface area contributed by atoms with Gasteiger partial charge < -0.3 is 14.7 Å². The quantitative estimate of drug-likeness (QED) is 0.858. The Morgan fingerprint density at radius 1 is 1.71 bits per heavy atom. The molecule has 0 aliphatic carbocycles. The van der Waals surface area contributed by atoms with E-state index in [-0.39, 0.29) is 17.4 Å². The van der Waals surface area contributed by atoms with Crippen LogP contribution in [0.3, 0.4) is 0 Å². The van der Waals surface area contributed by atoms with E-state index >= 15 is 0 Å². The van der Waals surface area contributed by atoms with Crippen LogP contribution in [0.5, 0.6) is 0 Å². The third-order valence-corrected chi connectivity index (χ3v) is 2.85. The highest BCUT2D eigenvalue weighted by Gasteiger charge is 2.25. The fourth-order valence-electron chi connectivity index (χ4n) is 1.87. The van der Waals surface area contributed by atoms with E-state index < -0.39 is 11.8 Å². The number of carboxylic acid groups (broad SMARTS) is 1. The van der Waals surface area contributed by atoms with Crippen molar-refractivity contribution < 1.29 is 19.0 Å². The molecule has 6 heteroatoms. The fourth-order valence-corrected chi connectivity index (χ4v) is 1.87. The van der Waals surface area contributed by atoms with E-state index in [0.29, 0.717) is 13.2 Å². The largest absolute Gasteiger partial charge is 0.478 e. The van der Waals surface area contributed by atoms with Crippen molar-refractivity contribution in [1.82, 2.24) is 4.98 Å². The Morgan fingerprint density at radius 3 is 3.06 bits per heavy atom. The van der Waals surface area contributed by atoms with Crippen molar-refractivity contribution >= 4 is 11.8 Å². The molecular weight excluding hydrogens is 227 g/mol. The second-order valence-electron chi connectivity index (χ2n) is 3.96. The third kappa shape index (κ3) is 2.36. The van der Waals surface area contributed by atoms with E-state index in [4.69, 9.17) is 9.84 Å². The summed E-state index contributed by atoms with van der Waals surface area (Å²) in [5, 5.41) is 9.02. The van der Waals surface area contributed by atoms with Gasteiger partial charge in [0.15, 0.2) is 0 Å². The summed E-state index contributed by atoms with van der Waals surface area (Å²) in [5.74, 6) is -1.56. The molecule has 0 spiro atoms. The molecule has 1 aromatic heterocycles. The summed E-state index contributed by atoms with van der Waals surface area (Å²) in [6.45, 7) is 1.19. The molecule has 0 aromatic carbocycles. The molecule has 2 heterocycles. The molecule has 1 atom stereocenters. The normalized spacial score (nSPS) is 19.3. The summed E-state index contributed by atoms with van der Waals surface area (Å²) in [6.07, 6.45) is 1.84. The number of likely N-dealkylation sites (N-methyl/N-ethyl adjacent to an activating group) is 1. The number of aromatic carboxylic acids is 1. The summed E-state index contributed by atoms with van der Waals surface area (Å²) < 4.78 is 18.2. The van der Waals surface area contributed by atoms with E-state index in [1.54, 1.807) is 11.9 Å². The summed E-state index contributed by atoms with van der Waals surface area (Å²) in [7, 11) is 1.74. The first kappa shape index (κ1) is 11.8. The van der Waals surface area contributed by atoms with Crippen LogP contribution in [0.1, 0.15) is 16.8 Å². The third-order valence-electron chi connectivity index (χ3n) is 2.85. The molecule has 1 aliphatic heterocycles. The van der Waals surface area contributed by atoms with Crippen molar-refractivity contribution in [1.29, 1.82) is 0 Å². The molecule has 1 N–H and O–H groups in total. The van der Waals surface area contributed by atoms with Gasteiger partial charge >= 0.3 is 5.97 Å². The van der Waals surface area contributed by atoms with Crippen LogP contribution in [0.4, 0.5) is 10.2 Å². The number of carbonyl (C=O) groups is 1. The molecule has 5 nitrogen and oxygen atoms in total. The first-order chi connectivity index (χ1) is 8.09. The molecule has 0 amide bonds. The number of ether oxygens (including phenoxy) is 1. The second kappa shape index (κ2) is 4.67.